The van der Waals surface area contributed by atoms with Crippen LogP contribution in [0.25, 0.3) is 0 Å². The van der Waals surface area contributed by atoms with Crippen molar-refractivity contribution in [3.05, 3.63) is 65.2 Å². The Morgan fingerprint density at radius 3 is 2.43 bits per heavy atom. The Labute approximate surface area is 178 Å². The predicted octanol–water partition coefficient (Wildman–Crippen LogP) is 2.80. The highest BCUT2D eigenvalue weighted by Crippen LogP contribution is 2.19. The van der Waals surface area contributed by atoms with Crippen LogP contribution < -0.4 is 10.2 Å². The quantitative estimate of drug-likeness (QED) is 0.853. The minimum absolute atomic E-state index is 0.00786. The van der Waals surface area contributed by atoms with Crippen molar-refractivity contribution in [2.75, 3.05) is 44.2 Å². The molecule has 0 radical (unpaired) electrons. The van der Waals surface area contributed by atoms with Gasteiger partial charge in [0.05, 0.1) is 6.54 Å². The van der Waals surface area contributed by atoms with Gasteiger partial charge in [-0.15, -0.1) is 0 Å². The van der Waals surface area contributed by atoms with Gasteiger partial charge in [-0.05, 0) is 43.0 Å². The standard InChI is InChI=1S/C24H30N4O2/c1-19-7-9-22(10-8-19)26-12-4-13-27(16-15-26)23(29)17-25-24(30)28-14-11-20-5-2-3-6-21(20)18-28/h2-3,5-10H,4,11-18H2,1H3,(H,25,30). The Balaban J connectivity index is 1.26. The molecule has 0 saturated carbocycles. The van der Waals surface area contributed by atoms with Gasteiger partial charge in [0.2, 0.25) is 5.91 Å². The maximum Gasteiger partial charge on any atom is 0.318 e. The molecule has 4 rings (SSSR count). The van der Waals surface area contributed by atoms with Gasteiger partial charge in [-0.3, -0.25) is 4.79 Å². The SMILES string of the molecule is Cc1ccc(N2CCCN(C(=O)CNC(=O)N3CCc4ccccc4C3)CC2)cc1. The minimum Gasteiger partial charge on any atom is -0.370 e. The number of rotatable bonds is 3. The minimum atomic E-state index is -0.158. The Hall–Kier alpha value is -3.02. The molecule has 1 N–H and O–H groups in total. The van der Waals surface area contributed by atoms with Crippen molar-refractivity contribution in [3.63, 3.8) is 0 Å². The van der Waals surface area contributed by atoms with Crippen LogP contribution in [0.5, 0.6) is 0 Å². The zero-order chi connectivity index (χ0) is 20.9. The second-order valence-electron chi connectivity index (χ2n) is 8.16. The van der Waals surface area contributed by atoms with E-state index in [0.717, 1.165) is 32.5 Å². The molecule has 1 fully saturated rings. The lowest BCUT2D eigenvalue weighted by Gasteiger charge is -2.29. The van der Waals surface area contributed by atoms with Crippen LogP contribution >= 0.6 is 0 Å². The molecule has 0 atom stereocenters. The molecule has 0 bridgehead atoms. The van der Waals surface area contributed by atoms with Crippen LogP contribution in [0.3, 0.4) is 0 Å². The maximum atomic E-state index is 12.7. The summed E-state index contributed by atoms with van der Waals surface area (Å²) in [5.74, 6) is -0.00786. The number of carbonyl (C=O) groups excluding carboxylic acids is 2. The molecule has 6 heteroatoms. The largest absolute Gasteiger partial charge is 0.370 e. The zero-order valence-corrected chi connectivity index (χ0v) is 17.6. The molecule has 6 nitrogen and oxygen atoms in total. The van der Waals surface area contributed by atoms with E-state index >= 15 is 0 Å². The molecule has 2 aromatic carbocycles. The predicted molar refractivity (Wildman–Crippen MR) is 119 cm³/mol. The molecule has 2 aliphatic rings. The first-order valence-corrected chi connectivity index (χ1v) is 10.8. The fourth-order valence-electron chi connectivity index (χ4n) is 4.22. The maximum absolute atomic E-state index is 12.7. The van der Waals surface area contributed by atoms with Gasteiger partial charge in [-0.25, -0.2) is 4.79 Å². The summed E-state index contributed by atoms with van der Waals surface area (Å²) >= 11 is 0. The van der Waals surface area contributed by atoms with Crippen LogP contribution in [0, 0.1) is 6.92 Å². The molecular formula is C24H30N4O2. The number of fused-ring (bicyclic) bond motifs is 1. The number of carbonyl (C=O) groups is 2. The highest BCUT2D eigenvalue weighted by molar-refractivity contribution is 5.84. The lowest BCUT2D eigenvalue weighted by Crippen LogP contribution is -2.47. The number of aryl methyl sites for hydroxylation is 1. The topological polar surface area (TPSA) is 55.9 Å². The van der Waals surface area contributed by atoms with E-state index in [2.05, 4.69) is 53.5 Å². The van der Waals surface area contributed by atoms with Crippen molar-refractivity contribution >= 4 is 17.6 Å². The van der Waals surface area contributed by atoms with Crippen molar-refractivity contribution in [3.8, 4) is 0 Å². The molecule has 30 heavy (non-hydrogen) atoms. The van der Waals surface area contributed by atoms with Crippen molar-refractivity contribution in [1.29, 1.82) is 0 Å². The molecular weight excluding hydrogens is 376 g/mol. The Morgan fingerprint density at radius 2 is 1.63 bits per heavy atom. The van der Waals surface area contributed by atoms with Crippen LogP contribution in [0.1, 0.15) is 23.1 Å². The summed E-state index contributed by atoms with van der Waals surface area (Å²) in [5, 5.41) is 2.83. The van der Waals surface area contributed by atoms with Crippen LogP contribution in [-0.2, 0) is 17.8 Å². The van der Waals surface area contributed by atoms with E-state index < -0.39 is 0 Å². The van der Waals surface area contributed by atoms with Crippen molar-refractivity contribution in [1.82, 2.24) is 15.1 Å². The molecule has 0 unspecified atom stereocenters. The Bertz CT molecular complexity index is 896. The fraction of sp³-hybridized carbons (Fsp3) is 0.417. The van der Waals surface area contributed by atoms with E-state index in [1.165, 1.54) is 22.4 Å². The van der Waals surface area contributed by atoms with E-state index in [0.29, 0.717) is 19.6 Å². The fourth-order valence-corrected chi connectivity index (χ4v) is 4.22. The summed E-state index contributed by atoms with van der Waals surface area (Å²) < 4.78 is 0. The molecule has 158 valence electrons. The normalized spacial score (nSPS) is 16.6. The van der Waals surface area contributed by atoms with Crippen LogP contribution in [-0.4, -0.2) is 61.0 Å². The summed E-state index contributed by atoms with van der Waals surface area (Å²) in [6.07, 6.45) is 1.79. The zero-order valence-electron chi connectivity index (χ0n) is 17.6. The Kier molecular flexibility index (Phi) is 6.21. The summed E-state index contributed by atoms with van der Waals surface area (Å²) in [6, 6.07) is 16.6. The average Bonchev–Trinajstić information content (AvgIpc) is 3.04. The molecule has 0 aromatic heterocycles. The molecule has 3 amide bonds. The third-order valence-corrected chi connectivity index (χ3v) is 6.06. The average molecular weight is 407 g/mol. The number of hydrogen-bond acceptors (Lipinski definition) is 3. The smallest absolute Gasteiger partial charge is 0.318 e. The summed E-state index contributed by atoms with van der Waals surface area (Å²) in [4.78, 5) is 31.3. The van der Waals surface area contributed by atoms with Crippen LogP contribution in [0.4, 0.5) is 10.5 Å². The Morgan fingerprint density at radius 1 is 0.867 bits per heavy atom. The van der Waals surface area contributed by atoms with Gasteiger partial charge in [0.15, 0.2) is 0 Å². The first-order valence-electron chi connectivity index (χ1n) is 10.8. The number of benzene rings is 2. The molecule has 0 aliphatic carbocycles. The number of nitrogens with zero attached hydrogens (tertiary/aromatic N) is 3. The summed E-state index contributed by atoms with van der Waals surface area (Å²) in [5.41, 5.74) is 4.95. The van der Waals surface area contributed by atoms with Crippen molar-refractivity contribution in [2.45, 2.75) is 26.3 Å². The summed E-state index contributed by atoms with van der Waals surface area (Å²) in [6.45, 7) is 6.59. The number of anilines is 1. The van der Waals surface area contributed by atoms with E-state index in [1.807, 2.05) is 17.0 Å². The van der Waals surface area contributed by atoms with Gasteiger partial charge in [-0.2, -0.15) is 0 Å². The number of hydrogen-bond donors (Lipinski definition) is 1. The van der Waals surface area contributed by atoms with E-state index in [9.17, 15) is 9.59 Å². The highest BCUT2D eigenvalue weighted by Gasteiger charge is 2.23. The number of nitrogens with one attached hydrogen (secondary N) is 1. The third kappa shape index (κ3) is 4.75. The molecule has 2 heterocycles. The van der Waals surface area contributed by atoms with Crippen LogP contribution in [0.15, 0.2) is 48.5 Å². The van der Waals surface area contributed by atoms with Gasteiger partial charge in [0, 0.05) is 45.0 Å². The highest BCUT2D eigenvalue weighted by atomic mass is 16.2. The molecule has 0 spiro atoms. The van der Waals surface area contributed by atoms with Gasteiger partial charge in [-0.1, -0.05) is 42.0 Å². The summed E-state index contributed by atoms with van der Waals surface area (Å²) in [7, 11) is 0. The van der Waals surface area contributed by atoms with Crippen LogP contribution in [0.2, 0.25) is 0 Å². The van der Waals surface area contributed by atoms with Gasteiger partial charge in [0.25, 0.3) is 0 Å². The van der Waals surface area contributed by atoms with E-state index in [-0.39, 0.29) is 18.5 Å². The second-order valence-corrected chi connectivity index (χ2v) is 8.16. The first-order chi connectivity index (χ1) is 14.6. The van der Waals surface area contributed by atoms with Crippen molar-refractivity contribution in [2.24, 2.45) is 0 Å². The van der Waals surface area contributed by atoms with Crippen molar-refractivity contribution < 1.29 is 9.59 Å². The van der Waals surface area contributed by atoms with Gasteiger partial charge < -0.3 is 20.0 Å². The third-order valence-electron chi connectivity index (χ3n) is 6.06. The van der Waals surface area contributed by atoms with Gasteiger partial charge >= 0.3 is 6.03 Å². The molecule has 2 aliphatic heterocycles. The van der Waals surface area contributed by atoms with E-state index in [4.69, 9.17) is 0 Å². The number of urea groups is 1. The number of amides is 3. The van der Waals surface area contributed by atoms with Gasteiger partial charge in [0.1, 0.15) is 0 Å². The molecule has 1 saturated heterocycles. The molecule has 2 aromatic rings. The second kappa shape index (κ2) is 9.20. The van der Waals surface area contributed by atoms with E-state index in [1.54, 1.807) is 4.90 Å². The monoisotopic (exact) mass is 406 g/mol. The lowest BCUT2D eigenvalue weighted by molar-refractivity contribution is -0.129. The lowest BCUT2D eigenvalue weighted by atomic mass is 10.0. The first kappa shape index (κ1) is 20.3.